The molecule has 0 aliphatic carbocycles. The summed E-state index contributed by atoms with van der Waals surface area (Å²) in [4.78, 5) is 12.6. The molecule has 0 radical (unpaired) electrons. The molecule has 8 heteroatoms. The molecule has 1 heterocycles. The molecule has 0 saturated heterocycles. The van der Waals surface area contributed by atoms with E-state index in [1.807, 2.05) is 30.3 Å². The van der Waals surface area contributed by atoms with Crippen molar-refractivity contribution in [2.45, 2.75) is 18.6 Å². The van der Waals surface area contributed by atoms with Gasteiger partial charge in [0.25, 0.3) is 0 Å². The van der Waals surface area contributed by atoms with E-state index < -0.39 is 25.4 Å². The van der Waals surface area contributed by atoms with Crippen LogP contribution in [0.5, 0.6) is 0 Å². The highest BCUT2D eigenvalue weighted by Crippen LogP contribution is 2.23. The van der Waals surface area contributed by atoms with Gasteiger partial charge in [-0.05, 0) is 11.6 Å². The van der Waals surface area contributed by atoms with Gasteiger partial charge in [-0.15, -0.1) is 0 Å². The predicted octanol–water partition coefficient (Wildman–Crippen LogP) is 1.18. The largest absolute Gasteiger partial charge is 0.635 e. The molecule has 0 unspecified atom stereocenters. The summed E-state index contributed by atoms with van der Waals surface area (Å²) >= 11 is 0. The molecule has 0 fully saturated rings. The predicted molar refractivity (Wildman–Crippen MR) is 99.4 cm³/mol. The molecular weight excluding hydrogens is 349 g/mol. The van der Waals surface area contributed by atoms with Crippen molar-refractivity contribution in [1.82, 2.24) is 5.32 Å². The summed E-state index contributed by atoms with van der Waals surface area (Å²) in [5, 5.41) is 31.5. The van der Waals surface area contributed by atoms with Crippen LogP contribution in [-0.4, -0.2) is 41.2 Å². The number of rotatable bonds is 8. The molecule has 3 rings (SSSR count). The van der Waals surface area contributed by atoms with E-state index in [2.05, 4.69) is 5.32 Å². The van der Waals surface area contributed by atoms with E-state index in [1.54, 1.807) is 24.3 Å². The first-order valence-corrected chi connectivity index (χ1v) is 8.51. The lowest BCUT2D eigenvalue weighted by Crippen LogP contribution is -2.44. The van der Waals surface area contributed by atoms with Gasteiger partial charge in [0.15, 0.2) is 0 Å². The van der Waals surface area contributed by atoms with E-state index >= 15 is 0 Å². The van der Waals surface area contributed by atoms with E-state index in [1.165, 1.54) is 6.26 Å². The van der Waals surface area contributed by atoms with E-state index in [0.29, 0.717) is 11.1 Å². The Morgan fingerprint density at radius 1 is 1.11 bits per heavy atom. The lowest BCUT2D eigenvalue weighted by molar-refractivity contribution is -0.126. The second-order valence-electron chi connectivity index (χ2n) is 6.07. The van der Waals surface area contributed by atoms with Crippen molar-refractivity contribution in [3.05, 3.63) is 72.0 Å². The van der Waals surface area contributed by atoms with Gasteiger partial charge in [-0.2, -0.15) is 0 Å². The molecule has 1 amide bonds. The average Bonchev–Trinajstić information content (AvgIpc) is 3.06. The number of hydrogen-bond donors (Lipinski definition) is 4. The smallest absolute Gasteiger partial charge is 0.464 e. The fraction of sp³-hybridized carbons (Fsp3) is 0.211. The quantitative estimate of drug-likeness (QED) is 0.351. The Labute approximate surface area is 156 Å². The van der Waals surface area contributed by atoms with Crippen LogP contribution in [0.1, 0.15) is 17.0 Å². The molecule has 0 aliphatic rings. The number of aliphatic hydroxyl groups excluding tert-OH is 1. The Hall–Kier alpha value is -2.65. The minimum Gasteiger partial charge on any atom is -0.464 e. The molecule has 0 bridgehead atoms. The SMILES string of the molecule is O=C(N[C@@H](Cc1coc2ccccc12)OB(O)O)[C@@H](CO)c1ccccc1. The van der Waals surface area contributed by atoms with Gasteiger partial charge in [0, 0.05) is 17.4 Å². The second kappa shape index (κ2) is 8.83. The number of para-hydroxylation sites is 1. The summed E-state index contributed by atoms with van der Waals surface area (Å²) < 4.78 is 10.5. The molecule has 140 valence electrons. The minimum absolute atomic E-state index is 0.160. The van der Waals surface area contributed by atoms with Gasteiger partial charge in [-0.25, -0.2) is 0 Å². The van der Waals surface area contributed by atoms with Crippen molar-refractivity contribution in [3.63, 3.8) is 0 Å². The van der Waals surface area contributed by atoms with E-state index in [-0.39, 0.29) is 13.0 Å². The van der Waals surface area contributed by atoms with Crippen molar-refractivity contribution in [1.29, 1.82) is 0 Å². The highest BCUT2D eigenvalue weighted by molar-refractivity contribution is 6.32. The normalized spacial score (nSPS) is 13.3. The highest BCUT2D eigenvalue weighted by Gasteiger charge is 2.26. The molecule has 2 atom stereocenters. The molecule has 0 saturated carbocycles. The summed E-state index contributed by atoms with van der Waals surface area (Å²) in [7, 11) is -2.06. The first-order chi connectivity index (χ1) is 13.1. The summed E-state index contributed by atoms with van der Waals surface area (Å²) in [5.74, 6) is -1.28. The maximum Gasteiger partial charge on any atom is 0.635 e. The zero-order chi connectivity index (χ0) is 19.2. The van der Waals surface area contributed by atoms with Crippen molar-refractivity contribution < 1.29 is 29.0 Å². The summed E-state index contributed by atoms with van der Waals surface area (Å²) in [6.07, 6.45) is 0.682. The number of aliphatic hydroxyl groups is 1. The summed E-state index contributed by atoms with van der Waals surface area (Å²) in [5.41, 5.74) is 2.08. The number of carbonyl (C=O) groups is 1. The molecule has 1 aromatic heterocycles. The van der Waals surface area contributed by atoms with Crippen LogP contribution in [0.25, 0.3) is 11.0 Å². The zero-order valence-electron chi connectivity index (χ0n) is 14.5. The van der Waals surface area contributed by atoms with Crippen LogP contribution in [0.2, 0.25) is 0 Å². The van der Waals surface area contributed by atoms with E-state index in [9.17, 15) is 19.9 Å². The van der Waals surface area contributed by atoms with Crippen molar-refractivity contribution in [2.24, 2.45) is 0 Å². The van der Waals surface area contributed by atoms with Crippen molar-refractivity contribution >= 4 is 24.2 Å². The Morgan fingerprint density at radius 3 is 2.52 bits per heavy atom. The zero-order valence-corrected chi connectivity index (χ0v) is 14.5. The Morgan fingerprint density at radius 2 is 1.81 bits per heavy atom. The number of fused-ring (bicyclic) bond motifs is 1. The van der Waals surface area contributed by atoms with Gasteiger partial charge in [0.05, 0.1) is 18.8 Å². The van der Waals surface area contributed by atoms with Crippen molar-refractivity contribution in [2.75, 3.05) is 6.61 Å². The highest BCUT2D eigenvalue weighted by atomic mass is 16.6. The Kier molecular flexibility index (Phi) is 6.26. The monoisotopic (exact) mass is 369 g/mol. The maximum atomic E-state index is 12.6. The van der Waals surface area contributed by atoms with Gasteiger partial charge in [-0.1, -0.05) is 48.5 Å². The van der Waals surface area contributed by atoms with Gasteiger partial charge in [0.1, 0.15) is 11.8 Å². The van der Waals surface area contributed by atoms with Crippen LogP contribution in [0.4, 0.5) is 0 Å². The van der Waals surface area contributed by atoms with Crippen LogP contribution in [0.15, 0.2) is 65.3 Å². The van der Waals surface area contributed by atoms with Gasteiger partial charge in [-0.3, -0.25) is 4.79 Å². The average molecular weight is 369 g/mol. The minimum atomic E-state index is -2.06. The van der Waals surface area contributed by atoms with Gasteiger partial charge in [0.2, 0.25) is 5.91 Å². The Balaban J connectivity index is 1.77. The van der Waals surface area contributed by atoms with Crippen LogP contribution < -0.4 is 5.32 Å². The standard InChI is InChI=1S/C19H20BNO6/c22-11-16(13-6-2-1-3-7-13)19(23)21-18(27-20(24)25)10-14-12-26-17-9-5-4-8-15(14)17/h1-9,12,16,18,22,24-25H,10-11H2,(H,21,23)/t16-,18+/m0/s1. The number of benzene rings is 2. The molecule has 0 aliphatic heterocycles. The lowest BCUT2D eigenvalue weighted by Gasteiger charge is -2.22. The second-order valence-corrected chi connectivity index (χ2v) is 6.07. The Bertz CT molecular complexity index is 882. The molecular formula is C19H20BNO6. The van der Waals surface area contributed by atoms with E-state index in [4.69, 9.17) is 9.07 Å². The van der Waals surface area contributed by atoms with Crippen LogP contribution in [0, 0.1) is 0 Å². The first kappa shape index (κ1) is 19.1. The number of hydrogen-bond acceptors (Lipinski definition) is 6. The van der Waals surface area contributed by atoms with Crippen LogP contribution >= 0.6 is 0 Å². The van der Waals surface area contributed by atoms with Crippen LogP contribution in [-0.2, 0) is 15.9 Å². The van der Waals surface area contributed by atoms with Gasteiger partial charge < -0.3 is 29.5 Å². The third kappa shape index (κ3) is 4.75. The van der Waals surface area contributed by atoms with E-state index in [0.717, 1.165) is 10.9 Å². The lowest BCUT2D eigenvalue weighted by atomic mass is 9.99. The molecule has 4 N–H and O–H groups in total. The van der Waals surface area contributed by atoms with Gasteiger partial charge >= 0.3 is 7.32 Å². The number of amides is 1. The topological polar surface area (TPSA) is 112 Å². The van der Waals surface area contributed by atoms with Crippen LogP contribution in [0.3, 0.4) is 0 Å². The molecule has 0 spiro atoms. The first-order valence-electron chi connectivity index (χ1n) is 8.51. The number of nitrogens with one attached hydrogen (secondary N) is 1. The number of furan rings is 1. The summed E-state index contributed by atoms with van der Waals surface area (Å²) in [6, 6.07) is 16.2. The molecule has 2 aromatic carbocycles. The number of carbonyl (C=O) groups excluding carboxylic acids is 1. The third-order valence-electron chi connectivity index (χ3n) is 4.26. The summed E-state index contributed by atoms with van der Waals surface area (Å²) in [6.45, 7) is -0.390. The molecule has 3 aromatic rings. The molecule has 27 heavy (non-hydrogen) atoms. The third-order valence-corrected chi connectivity index (χ3v) is 4.26. The maximum absolute atomic E-state index is 12.6. The van der Waals surface area contributed by atoms with Crippen molar-refractivity contribution in [3.8, 4) is 0 Å². The fourth-order valence-corrected chi connectivity index (χ4v) is 2.95. The fourth-order valence-electron chi connectivity index (χ4n) is 2.95. The molecule has 7 nitrogen and oxygen atoms in total.